The van der Waals surface area contributed by atoms with E-state index in [1.807, 2.05) is 0 Å². The maximum absolute atomic E-state index is 14.5. The zero-order valence-corrected chi connectivity index (χ0v) is 52.1. The van der Waals surface area contributed by atoms with Crippen molar-refractivity contribution in [1.82, 2.24) is 26.6 Å². The van der Waals surface area contributed by atoms with Gasteiger partial charge in [-0.15, -0.1) is 0 Å². The van der Waals surface area contributed by atoms with Crippen LogP contribution in [-0.4, -0.2) is 126 Å². The Hall–Kier alpha value is -2.22. The molecule has 6 N–H and O–H groups in total. The number of ether oxygens (including phenoxy) is 2. The van der Waals surface area contributed by atoms with Crippen LogP contribution in [0.1, 0.15) is 30.5 Å². The minimum atomic E-state index is -5.06. The minimum absolute atomic E-state index is 0.145. The van der Waals surface area contributed by atoms with E-state index in [-0.39, 0.29) is 24.5 Å². The number of aliphatic hydroxyl groups is 1. The molecule has 0 spiro atoms. The molecule has 5 amide bonds. The summed E-state index contributed by atoms with van der Waals surface area (Å²) in [6, 6.07) is 13.5. The van der Waals surface area contributed by atoms with Crippen molar-refractivity contribution in [1.29, 1.82) is 0 Å². The molecule has 3 aromatic rings. The Morgan fingerprint density at radius 3 is 1.35 bits per heavy atom. The van der Waals surface area contributed by atoms with E-state index >= 15 is 0 Å². The highest BCUT2D eigenvalue weighted by atomic mass is 35.6. The lowest BCUT2D eigenvalue weighted by Gasteiger charge is -2.27. The number of amides is 5. The van der Waals surface area contributed by atoms with Gasteiger partial charge in [0.25, 0.3) is 0 Å². The second-order valence-electron chi connectivity index (χ2n) is 16.3. The third-order valence-corrected chi connectivity index (χ3v) is 13.5. The van der Waals surface area contributed by atoms with Gasteiger partial charge >= 0.3 is 27.7 Å². The Morgan fingerprint density at radius 1 is 0.475 bits per heavy atom. The van der Waals surface area contributed by atoms with Crippen LogP contribution in [0.15, 0.2) is 84.9 Å². The summed E-state index contributed by atoms with van der Waals surface area (Å²) in [5, 5.41) is 21.9. The summed E-state index contributed by atoms with van der Waals surface area (Å²) in [6.07, 6.45) is -1.60. The summed E-state index contributed by atoms with van der Waals surface area (Å²) in [4.78, 5) is 81.5. The van der Waals surface area contributed by atoms with Crippen molar-refractivity contribution in [2.24, 2.45) is 0 Å². The number of halogens is 12. The number of phosphoric ester groups is 2. The molecule has 0 aliphatic rings. The SMILES string of the molecule is C[C@H](NC(=O)OCc1ccccc1)C(=O)N[C@@H](COP(=O)(OCC(Cl)(Cl)Cl)OCC(Cl)(Cl)Cl)C(=O)N[C@@H](Cc1ccc(OP(=O)(OCC(Cl)(Cl)Cl)OCC(Cl)(Cl)Cl)cc1)C(=O)N[C@@H](CO)C(=O)N[C@@H](C)C(=O)OCc1ccccc1. The third kappa shape index (κ3) is 30.0. The highest BCUT2D eigenvalue weighted by Gasteiger charge is 2.40. The predicted octanol–water partition coefficient (Wildman–Crippen LogP) is 9.40. The summed E-state index contributed by atoms with van der Waals surface area (Å²) in [5.74, 6) is -5.82. The van der Waals surface area contributed by atoms with Gasteiger partial charge in [0.15, 0.2) is 0 Å². The number of phosphoric acid groups is 2. The fourth-order valence-electron chi connectivity index (χ4n) is 5.69. The van der Waals surface area contributed by atoms with E-state index in [0.29, 0.717) is 11.1 Å². The first-order chi connectivity index (χ1) is 37.1. The Kier molecular flexibility index (Phi) is 30.1. The van der Waals surface area contributed by atoms with Crippen LogP contribution in [0, 0.1) is 0 Å². The van der Waals surface area contributed by atoms with E-state index in [1.165, 1.54) is 38.1 Å². The van der Waals surface area contributed by atoms with Crippen LogP contribution >= 0.6 is 155 Å². The normalized spacial score (nSPS) is 14.3. The van der Waals surface area contributed by atoms with Gasteiger partial charge in [0.1, 0.15) is 75.6 Å². The number of rotatable bonds is 30. The molecular formula is C44H49Cl12N5O17P2. The summed E-state index contributed by atoms with van der Waals surface area (Å²) < 4.78 is 60.6. The van der Waals surface area contributed by atoms with E-state index < -0.39 is 143 Å². The van der Waals surface area contributed by atoms with Crippen LogP contribution in [0.2, 0.25) is 0 Å². The molecule has 0 saturated heterocycles. The lowest BCUT2D eigenvalue weighted by molar-refractivity contribution is -0.149. The van der Waals surface area contributed by atoms with Crippen LogP contribution in [0.5, 0.6) is 5.75 Å². The molecule has 0 unspecified atom stereocenters. The number of benzene rings is 3. The first kappa shape index (κ1) is 72.0. The quantitative estimate of drug-likeness (QED) is 0.0206. The van der Waals surface area contributed by atoms with Crippen molar-refractivity contribution in [2.45, 2.75) is 78.9 Å². The van der Waals surface area contributed by atoms with Crippen molar-refractivity contribution in [3.05, 3.63) is 102 Å². The van der Waals surface area contributed by atoms with Gasteiger partial charge in [0.2, 0.25) is 38.8 Å². The third-order valence-electron chi connectivity index (χ3n) is 9.48. The molecule has 0 fully saturated rings. The second kappa shape index (κ2) is 33.5. The van der Waals surface area contributed by atoms with Gasteiger partial charge in [-0.2, -0.15) is 0 Å². The molecule has 22 nitrogen and oxygen atoms in total. The maximum Gasteiger partial charge on any atom is 0.530 e. The van der Waals surface area contributed by atoms with Crippen LogP contribution < -0.4 is 31.1 Å². The average Bonchev–Trinajstić information content (AvgIpc) is 3.38. The van der Waals surface area contributed by atoms with Crippen molar-refractivity contribution in [3.63, 3.8) is 0 Å². The number of hydrogen-bond donors (Lipinski definition) is 6. The van der Waals surface area contributed by atoms with E-state index in [9.17, 15) is 43.0 Å². The molecule has 80 heavy (non-hydrogen) atoms. The van der Waals surface area contributed by atoms with Gasteiger partial charge in [-0.05, 0) is 42.7 Å². The molecular weight excluding hydrogens is 1360 g/mol. The molecule has 0 aromatic heterocycles. The Morgan fingerprint density at radius 2 is 0.887 bits per heavy atom. The molecule has 36 heteroatoms. The number of hydrogen-bond acceptors (Lipinski definition) is 17. The lowest BCUT2D eigenvalue weighted by atomic mass is 10.0. The highest BCUT2D eigenvalue weighted by molar-refractivity contribution is 7.49. The smallest absolute Gasteiger partial charge is 0.459 e. The number of carbonyl (C=O) groups excluding carboxylic acids is 6. The average molecular weight is 1410 g/mol. The summed E-state index contributed by atoms with van der Waals surface area (Å²) in [6.45, 7) is -3.75. The van der Waals surface area contributed by atoms with Gasteiger partial charge in [-0.25, -0.2) is 18.7 Å². The molecule has 0 aliphatic carbocycles. The van der Waals surface area contributed by atoms with Crippen LogP contribution in [0.25, 0.3) is 0 Å². The number of alkyl carbamates (subject to hydrolysis) is 1. The van der Waals surface area contributed by atoms with Gasteiger partial charge in [0.05, 0.1) is 13.2 Å². The first-order valence-corrected chi connectivity index (χ1v) is 30.0. The first-order valence-electron chi connectivity index (χ1n) is 22.5. The second-order valence-corrected chi connectivity index (χ2v) is 29.6. The largest absolute Gasteiger partial charge is 0.530 e. The summed E-state index contributed by atoms with van der Waals surface area (Å²) in [5.41, 5.74) is 1.40. The summed E-state index contributed by atoms with van der Waals surface area (Å²) in [7, 11) is -9.81. The Balaban J connectivity index is 2.02. The van der Waals surface area contributed by atoms with E-state index in [1.54, 1.807) is 60.7 Å². The number of aliphatic hydroxyl groups excluding tert-OH is 1. The van der Waals surface area contributed by atoms with Gasteiger partial charge in [0, 0.05) is 6.42 Å². The lowest BCUT2D eigenvalue weighted by Crippen LogP contribution is -2.60. The fourth-order valence-corrected chi connectivity index (χ4v) is 9.78. The van der Waals surface area contributed by atoms with Crippen molar-refractivity contribution < 1.29 is 79.6 Å². The van der Waals surface area contributed by atoms with Gasteiger partial charge < -0.3 is 45.7 Å². The zero-order chi connectivity index (χ0) is 60.1. The van der Waals surface area contributed by atoms with Gasteiger partial charge in [-0.3, -0.25) is 41.8 Å². The van der Waals surface area contributed by atoms with Crippen LogP contribution in [-0.2, 0) is 84.8 Å². The molecule has 3 rings (SSSR count). The predicted molar refractivity (Wildman–Crippen MR) is 303 cm³/mol. The molecule has 3 aromatic carbocycles. The maximum atomic E-state index is 14.5. The Bertz CT molecular complexity index is 2560. The number of carbonyl (C=O) groups is 6. The Labute approximate surface area is 518 Å². The molecule has 0 bridgehead atoms. The van der Waals surface area contributed by atoms with Crippen LogP contribution in [0.3, 0.4) is 0 Å². The molecule has 0 saturated carbocycles. The van der Waals surface area contributed by atoms with Crippen LogP contribution in [0.4, 0.5) is 4.79 Å². The van der Waals surface area contributed by atoms with E-state index in [2.05, 4.69) is 26.6 Å². The van der Waals surface area contributed by atoms with Gasteiger partial charge in [-0.1, -0.05) is 212 Å². The fraction of sp³-hybridized carbons (Fsp3) is 0.455. The number of alkyl halides is 12. The molecule has 446 valence electrons. The van der Waals surface area contributed by atoms with Crippen molar-refractivity contribution in [3.8, 4) is 5.75 Å². The zero-order valence-electron chi connectivity index (χ0n) is 41.2. The summed E-state index contributed by atoms with van der Waals surface area (Å²) >= 11 is 69.4. The molecule has 0 aliphatic heterocycles. The van der Waals surface area contributed by atoms with Crippen molar-refractivity contribution >= 4 is 191 Å². The van der Waals surface area contributed by atoms with Crippen molar-refractivity contribution in [2.75, 3.05) is 39.6 Å². The molecule has 5 atom stereocenters. The minimum Gasteiger partial charge on any atom is -0.459 e. The van der Waals surface area contributed by atoms with E-state index in [4.69, 9.17) is 176 Å². The number of esters is 1. The molecule has 0 radical (unpaired) electrons. The highest BCUT2D eigenvalue weighted by Crippen LogP contribution is 2.54. The monoisotopic (exact) mass is 1400 g/mol. The molecule has 0 heterocycles. The topological polar surface area (TPSA) is 291 Å². The number of nitrogens with one attached hydrogen (secondary N) is 5. The standard InChI is InChI=1S/C44H49Cl12N5O17P2/c1-26(58-40(68)72-20-30-11-7-4-8-12-30)35(63)61-34(21-73-79(69,74-22-41(45,46)47)75-23-42(48,49)50)38(66)59-32(36(64)60-33(18-62)37(65)57-27(2)39(67)71-19-29-9-5-3-6-10-29)17-28-13-15-31(16-14-28)78-80(70,76-24-43(51,52)53)77-25-44(54,55)56/h3-16,26-27,32-34,62H,17-25H2,1-2H3,(H,57,65)(H,58,68)(H,59,66)(H,60,64)(H,61,63)/t26-,27-,32-,33-,34-/m0/s1. The van der Waals surface area contributed by atoms with E-state index in [0.717, 1.165) is 0 Å².